The maximum Gasteiger partial charge on any atom is 0.167 e. The van der Waals surface area contributed by atoms with E-state index in [0.717, 1.165) is 11.3 Å². The van der Waals surface area contributed by atoms with Gasteiger partial charge in [0.25, 0.3) is 0 Å². The highest BCUT2D eigenvalue weighted by atomic mass is 16.7. The highest BCUT2D eigenvalue weighted by Gasteiger charge is 2.38. The van der Waals surface area contributed by atoms with Crippen LogP contribution in [0.25, 0.3) is 0 Å². The van der Waals surface area contributed by atoms with Crippen molar-refractivity contribution in [1.82, 2.24) is 0 Å². The lowest BCUT2D eigenvalue weighted by molar-refractivity contribution is -0.166. The lowest BCUT2D eigenvalue weighted by atomic mass is 9.92. The minimum atomic E-state index is -0.539. The Labute approximate surface area is 119 Å². The lowest BCUT2D eigenvalue weighted by Crippen LogP contribution is -2.40. The van der Waals surface area contributed by atoms with E-state index in [1.165, 1.54) is 0 Å². The van der Waals surface area contributed by atoms with E-state index in [4.69, 9.17) is 18.9 Å². The molecule has 1 aliphatic rings. The van der Waals surface area contributed by atoms with Crippen LogP contribution < -0.4 is 4.74 Å². The third kappa shape index (κ3) is 3.70. The van der Waals surface area contributed by atoms with Gasteiger partial charge >= 0.3 is 0 Å². The number of benzene rings is 1. The van der Waals surface area contributed by atoms with Crippen LogP contribution in [0.4, 0.5) is 0 Å². The molecule has 5 nitrogen and oxygen atoms in total. The molecule has 1 aromatic rings. The summed E-state index contributed by atoms with van der Waals surface area (Å²) in [5, 5.41) is 9.55. The molecule has 1 fully saturated rings. The number of hydrogen-bond donors (Lipinski definition) is 1. The van der Waals surface area contributed by atoms with Gasteiger partial charge in [-0.3, -0.25) is 0 Å². The summed E-state index contributed by atoms with van der Waals surface area (Å²) in [4.78, 5) is 0. The van der Waals surface area contributed by atoms with E-state index in [0.29, 0.717) is 26.4 Å². The van der Waals surface area contributed by atoms with Crippen LogP contribution in [0.5, 0.6) is 5.75 Å². The number of ether oxygens (including phenoxy) is 4. The molecule has 1 unspecified atom stereocenters. The number of aliphatic hydroxyl groups is 1. The van der Waals surface area contributed by atoms with Gasteiger partial charge in [0.15, 0.2) is 6.29 Å². The monoisotopic (exact) mass is 282 g/mol. The van der Waals surface area contributed by atoms with Crippen LogP contribution in [0, 0.1) is 5.41 Å². The summed E-state index contributed by atoms with van der Waals surface area (Å²) < 4.78 is 21.7. The second-order valence-corrected chi connectivity index (χ2v) is 5.23. The molecular formula is C15H22O5. The predicted molar refractivity (Wildman–Crippen MR) is 73.5 cm³/mol. The fourth-order valence-corrected chi connectivity index (χ4v) is 2.07. The molecule has 1 heterocycles. The zero-order valence-electron chi connectivity index (χ0n) is 12.0. The van der Waals surface area contributed by atoms with Crippen molar-refractivity contribution < 1.29 is 24.1 Å². The van der Waals surface area contributed by atoms with Gasteiger partial charge in [0.1, 0.15) is 5.75 Å². The minimum absolute atomic E-state index is 0.0414. The van der Waals surface area contributed by atoms with E-state index in [-0.39, 0.29) is 6.61 Å². The number of rotatable bonds is 7. The van der Waals surface area contributed by atoms with E-state index in [2.05, 4.69) is 0 Å². The largest absolute Gasteiger partial charge is 0.497 e. The van der Waals surface area contributed by atoms with E-state index >= 15 is 0 Å². The Hall–Kier alpha value is -1.14. The van der Waals surface area contributed by atoms with Gasteiger partial charge in [-0.15, -0.1) is 0 Å². The molecule has 1 saturated heterocycles. The summed E-state index contributed by atoms with van der Waals surface area (Å²) in [6, 6.07) is 7.70. The van der Waals surface area contributed by atoms with E-state index in [1.807, 2.05) is 31.2 Å². The number of aliphatic hydroxyl groups excluding tert-OH is 1. The Morgan fingerprint density at radius 1 is 1.25 bits per heavy atom. The van der Waals surface area contributed by atoms with Crippen LogP contribution in [0.2, 0.25) is 0 Å². The SMILES string of the molecule is COc1ccc(COCC(C)(CO)C2OCCO2)cc1. The van der Waals surface area contributed by atoms with Crippen LogP contribution in [0.15, 0.2) is 24.3 Å². The topological polar surface area (TPSA) is 57.2 Å². The average Bonchev–Trinajstić information content (AvgIpc) is 3.02. The van der Waals surface area contributed by atoms with E-state index < -0.39 is 11.7 Å². The van der Waals surface area contributed by atoms with Crippen LogP contribution in [-0.2, 0) is 20.8 Å². The highest BCUT2D eigenvalue weighted by Crippen LogP contribution is 2.28. The number of hydrogen-bond acceptors (Lipinski definition) is 5. The second-order valence-electron chi connectivity index (χ2n) is 5.23. The number of methoxy groups -OCH3 is 1. The molecule has 0 aliphatic carbocycles. The molecule has 0 bridgehead atoms. The van der Waals surface area contributed by atoms with Gasteiger partial charge in [-0.25, -0.2) is 0 Å². The maximum absolute atomic E-state index is 9.55. The molecule has 0 saturated carbocycles. The third-order valence-corrected chi connectivity index (χ3v) is 3.41. The van der Waals surface area contributed by atoms with Gasteiger partial charge in [-0.2, -0.15) is 0 Å². The van der Waals surface area contributed by atoms with Gasteiger partial charge in [0, 0.05) is 0 Å². The Morgan fingerprint density at radius 2 is 1.90 bits per heavy atom. The van der Waals surface area contributed by atoms with Crippen molar-refractivity contribution in [3.63, 3.8) is 0 Å². The molecular weight excluding hydrogens is 260 g/mol. The average molecular weight is 282 g/mol. The molecule has 1 N–H and O–H groups in total. The first-order valence-corrected chi connectivity index (χ1v) is 6.73. The third-order valence-electron chi connectivity index (χ3n) is 3.41. The van der Waals surface area contributed by atoms with Crippen molar-refractivity contribution in [2.75, 3.05) is 33.5 Å². The first-order valence-electron chi connectivity index (χ1n) is 6.73. The molecule has 5 heteroatoms. The molecule has 1 atom stereocenters. The van der Waals surface area contributed by atoms with Crippen molar-refractivity contribution in [1.29, 1.82) is 0 Å². The van der Waals surface area contributed by atoms with Crippen molar-refractivity contribution in [3.05, 3.63) is 29.8 Å². The molecule has 0 radical (unpaired) electrons. The smallest absolute Gasteiger partial charge is 0.167 e. The predicted octanol–water partition coefficient (Wildman–Crippen LogP) is 1.58. The minimum Gasteiger partial charge on any atom is -0.497 e. The van der Waals surface area contributed by atoms with Gasteiger partial charge in [-0.1, -0.05) is 19.1 Å². The summed E-state index contributed by atoms with van der Waals surface area (Å²) in [5.74, 6) is 0.821. The van der Waals surface area contributed by atoms with E-state index in [1.54, 1.807) is 7.11 Å². The standard InChI is InChI=1S/C15H22O5/c1-15(10-16,14-19-7-8-20-14)11-18-9-12-3-5-13(17-2)6-4-12/h3-6,14,16H,7-11H2,1-2H3. The Morgan fingerprint density at radius 3 is 2.45 bits per heavy atom. The molecule has 0 amide bonds. The van der Waals surface area contributed by atoms with Gasteiger partial charge in [0.05, 0.1) is 45.6 Å². The molecule has 0 spiro atoms. The Bertz CT molecular complexity index is 399. The molecule has 112 valence electrons. The van der Waals surface area contributed by atoms with Crippen molar-refractivity contribution in [2.24, 2.45) is 5.41 Å². The van der Waals surface area contributed by atoms with Gasteiger partial charge < -0.3 is 24.1 Å². The molecule has 0 aromatic heterocycles. The van der Waals surface area contributed by atoms with Gasteiger partial charge in [-0.05, 0) is 17.7 Å². The van der Waals surface area contributed by atoms with Crippen LogP contribution >= 0.6 is 0 Å². The Balaban J connectivity index is 1.83. The lowest BCUT2D eigenvalue weighted by Gasteiger charge is -2.31. The molecule has 2 rings (SSSR count). The molecule has 20 heavy (non-hydrogen) atoms. The first kappa shape index (κ1) is 15.3. The zero-order valence-corrected chi connectivity index (χ0v) is 12.0. The summed E-state index contributed by atoms with van der Waals surface area (Å²) >= 11 is 0. The second kappa shape index (κ2) is 7.04. The van der Waals surface area contributed by atoms with Crippen LogP contribution in [0.3, 0.4) is 0 Å². The fraction of sp³-hybridized carbons (Fsp3) is 0.600. The zero-order chi connectivity index (χ0) is 14.4. The fourth-order valence-electron chi connectivity index (χ4n) is 2.07. The van der Waals surface area contributed by atoms with Crippen molar-refractivity contribution in [2.45, 2.75) is 19.8 Å². The summed E-state index contributed by atoms with van der Waals surface area (Å²) in [7, 11) is 1.64. The summed E-state index contributed by atoms with van der Waals surface area (Å²) in [5.41, 5.74) is 0.516. The summed E-state index contributed by atoms with van der Waals surface area (Å²) in [6.45, 7) is 3.85. The van der Waals surface area contributed by atoms with Crippen LogP contribution in [-0.4, -0.2) is 44.9 Å². The normalized spacial score (nSPS) is 18.9. The maximum atomic E-state index is 9.55. The van der Waals surface area contributed by atoms with Crippen molar-refractivity contribution in [3.8, 4) is 5.75 Å². The van der Waals surface area contributed by atoms with Gasteiger partial charge in [0.2, 0.25) is 0 Å². The van der Waals surface area contributed by atoms with Crippen LogP contribution in [0.1, 0.15) is 12.5 Å². The highest BCUT2D eigenvalue weighted by molar-refractivity contribution is 5.26. The Kier molecular flexibility index (Phi) is 5.37. The summed E-state index contributed by atoms with van der Waals surface area (Å²) in [6.07, 6.45) is -0.400. The van der Waals surface area contributed by atoms with E-state index in [9.17, 15) is 5.11 Å². The molecule has 1 aliphatic heterocycles. The molecule has 1 aromatic carbocycles. The van der Waals surface area contributed by atoms with Crippen molar-refractivity contribution >= 4 is 0 Å². The quantitative estimate of drug-likeness (QED) is 0.823. The first-order chi connectivity index (χ1) is 9.68.